The minimum absolute atomic E-state index is 0.0319. The first-order valence-electron chi connectivity index (χ1n) is 13.1. The molecule has 0 radical (unpaired) electrons. The Morgan fingerprint density at radius 3 is 2.00 bits per heavy atom. The quantitative estimate of drug-likeness (QED) is 0.0635. The van der Waals surface area contributed by atoms with Crippen LogP contribution in [0.15, 0.2) is 22.2 Å². The molecule has 26 heteroatoms. The van der Waals surface area contributed by atoms with E-state index in [4.69, 9.17) is 34.5 Å². The maximum Gasteiger partial charge on any atom is 0.386 e. The smallest absolute Gasteiger partial charge is 0.386 e. The standard InChI is InChI=1S/C20H26N10O12P2S2/c21-19-25-13-7(15(34)27-19)23-3-29(13)17-11(33)9(31)6(40-17)2-39-44(37,46)42-12-10(32)5(1-38-43(36)45)41-18(12)30-4-24-8-14(30)26-20(22)28-16(8)35/h3-6,9-12,17-18,31-33,43H,1-2H2,(H,36,45)(H,37,46)(H3,21,25,27,34)(H3,22,26,28,35)/t5-,6-,9-,10-,11-,12-,17-,18-,44?/m1/s1. The summed E-state index contributed by atoms with van der Waals surface area (Å²) in [5.41, 5.74) is 9.66. The molecule has 0 spiro atoms. The molecule has 22 nitrogen and oxygen atoms in total. The van der Waals surface area contributed by atoms with Crippen molar-refractivity contribution in [3.63, 3.8) is 0 Å². The average molecular weight is 725 g/mol. The SMILES string of the molecule is Nc1nc2c(ncn2[C@@H]2O[C@H](COP(=O)(S)O[C@@H]3[C@H](O)[C@@H](CO[PH](=O)S)O[C@H]3n3cnc4c(=O)[nH]c(N)nc43)[C@@H](O)[C@H]2O)c(=O)[nH]1. The highest BCUT2D eigenvalue weighted by molar-refractivity contribution is 8.44. The second-order valence-corrected chi connectivity index (χ2v) is 14.9. The van der Waals surface area contributed by atoms with Gasteiger partial charge in [-0.05, 0) is 0 Å². The van der Waals surface area contributed by atoms with Crippen molar-refractivity contribution in [2.75, 3.05) is 24.7 Å². The van der Waals surface area contributed by atoms with Gasteiger partial charge in [0, 0.05) is 0 Å². The molecule has 2 aliphatic heterocycles. The van der Waals surface area contributed by atoms with Crippen molar-refractivity contribution in [2.24, 2.45) is 0 Å². The number of aromatic amines is 2. The van der Waals surface area contributed by atoms with Crippen molar-refractivity contribution in [1.82, 2.24) is 39.0 Å². The number of nitrogens with two attached hydrogens (primary N) is 2. The maximum atomic E-state index is 13.5. The van der Waals surface area contributed by atoms with Crippen LogP contribution in [0.5, 0.6) is 0 Å². The number of aliphatic hydroxyl groups excluding tert-OH is 3. The number of nitrogens with one attached hydrogen (secondary N) is 2. The van der Waals surface area contributed by atoms with E-state index in [0.29, 0.717) is 0 Å². The Labute approximate surface area is 266 Å². The van der Waals surface area contributed by atoms with E-state index < -0.39 is 87.4 Å². The molecule has 10 atom stereocenters. The van der Waals surface area contributed by atoms with Crippen molar-refractivity contribution in [1.29, 1.82) is 0 Å². The van der Waals surface area contributed by atoms with E-state index in [9.17, 15) is 34.0 Å². The fraction of sp³-hybridized carbons (Fsp3) is 0.500. The van der Waals surface area contributed by atoms with E-state index in [0.717, 1.165) is 12.7 Å². The Morgan fingerprint density at radius 2 is 1.43 bits per heavy atom. The molecule has 6 rings (SSSR count). The number of rotatable bonds is 10. The summed E-state index contributed by atoms with van der Waals surface area (Å²) in [6.45, 7) is -5.53. The Hall–Kier alpha value is -2.86. The zero-order valence-electron chi connectivity index (χ0n) is 22.9. The number of ether oxygens (including phenoxy) is 2. The third-order valence-corrected chi connectivity index (χ3v) is 9.54. The number of fused-ring (bicyclic) bond motifs is 2. The number of nitrogens with zero attached hydrogens (tertiary/aromatic N) is 6. The molecular weight excluding hydrogens is 698 g/mol. The highest BCUT2D eigenvalue weighted by Crippen LogP contribution is 2.57. The Balaban J connectivity index is 1.21. The fourth-order valence-electron chi connectivity index (χ4n) is 5.05. The van der Waals surface area contributed by atoms with Gasteiger partial charge in [0.1, 0.15) is 36.6 Å². The molecule has 2 aliphatic rings. The Morgan fingerprint density at radius 1 is 0.913 bits per heavy atom. The van der Waals surface area contributed by atoms with Gasteiger partial charge in [-0.2, -0.15) is 9.97 Å². The molecule has 6 heterocycles. The number of H-pyrrole nitrogens is 2. The van der Waals surface area contributed by atoms with E-state index in [2.05, 4.69) is 54.4 Å². The summed E-state index contributed by atoms with van der Waals surface area (Å²) in [5, 5.41) is 32.4. The summed E-state index contributed by atoms with van der Waals surface area (Å²) in [6, 6.07) is 0. The molecular formula is C20H26N10O12P2S2. The van der Waals surface area contributed by atoms with Crippen molar-refractivity contribution >= 4 is 72.7 Å². The van der Waals surface area contributed by atoms with E-state index in [-0.39, 0.29) is 34.2 Å². The van der Waals surface area contributed by atoms with Gasteiger partial charge in [0.2, 0.25) is 19.1 Å². The van der Waals surface area contributed by atoms with Crippen LogP contribution in [-0.4, -0.2) is 104 Å². The monoisotopic (exact) mass is 724 g/mol. The number of hydrogen-bond donors (Lipinski definition) is 9. The summed E-state index contributed by atoms with van der Waals surface area (Å²) >= 11 is 7.71. The molecule has 2 saturated heterocycles. The predicted octanol–water partition coefficient (Wildman–Crippen LogP) is -1.93. The number of aliphatic hydroxyl groups is 3. The van der Waals surface area contributed by atoms with E-state index in [1.807, 2.05) is 0 Å². The molecule has 4 aromatic rings. The van der Waals surface area contributed by atoms with Gasteiger partial charge in [-0.3, -0.25) is 42.3 Å². The zero-order chi connectivity index (χ0) is 33.1. The molecule has 4 aromatic heterocycles. The van der Waals surface area contributed by atoms with Gasteiger partial charge in [0.25, 0.3) is 11.1 Å². The van der Waals surface area contributed by atoms with Gasteiger partial charge in [-0.15, -0.1) is 0 Å². The van der Waals surface area contributed by atoms with Gasteiger partial charge in [-0.25, -0.2) is 14.5 Å². The van der Waals surface area contributed by atoms with Crippen molar-refractivity contribution < 1.29 is 47.5 Å². The number of hydrogen-bond acceptors (Lipinski definition) is 18. The Kier molecular flexibility index (Phi) is 9.08. The lowest BCUT2D eigenvalue weighted by atomic mass is 10.1. The van der Waals surface area contributed by atoms with Crippen molar-refractivity contribution in [2.45, 2.75) is 49.1 Å². The topological polar surface area (TPSA) is 320 Å². The highest BCUT2D eigenvalue weighted by atomic mass is 32.7. The molecule has 0 saturated carbocycles. The minimum atomic E-state index is -4.46. The molecule has 9 N–H and O–H groups in total. The van der Waals surface area contributed by atoms with Crippen molar-refractivity contribution in [3.8, 4) is 0 Å². The summed E-state index contributed by atoms with van der Waals surface area (Å²) < 4.78 is 54.9. The van der Waals surface area contributed by atoms with Crippen LogP contribution in [0, 0.1) is 0 Å². The number of nitrogen functional groups attached to an aromatic ring is 2. The molecule has 0 aliphatic carbocycles. The van der Waals surface area contributed by atoms with Gasteiger partial charge >= 0.3 is 6.80 Å². The number of aromatic nitrogens is 8. The first kappa shape index (κ1) is 33.1. The molecule has 0 amide bonds. The lowest BCUT2D eigenvalue weighted by Gasteiger charge is -2.25. The second-order valence-electron chi connectivity index (χ2n) is 10.1. The first-order chi connectivity index (χ1) is 21.7. The van der Waals surface area contributed by atoms with Crippen LogP contribution >= 0.6 is 38.5 Å². The molecule has 0 aromatic carbocycles. The van der Waals surface area contributed by atoms with Crippen LogP contribution in [0.25, 0.3) is 22.3 Å². The van der Waals surface area contributed by atoms with Gasteiger partial charge < -0.3 is 40.8 Å². The van der Waals surface area contributed by atoms with Crippen molar-refractivity contribution in [3.05, 3.63) is 33.4 Å². The summed E-state index contributed by atoms with van der Waals surface area (Å²) in [5.74, 6) is -0.474. The normalized spacial score (nSPS) is 30.3. The van der Waals surface area contributed by atoms with Crippen LogP contribution in [0.3, 0.4) is 0 Å². The van der Waals surface area contributed by atoms with E-state index in [1.165, 1.54) is 9.13 Å². The van der Waals surface area contributed by atoms with Crippen LogP contribution < -0.4 is 22.6 Å². The molecule has 2 unspecified atom stereocenters. The van der Waals surface area contributed by atoms with Gasteiger partial charge in [-0.1, -0.05) is 24.5 Å². The number of anilines is 2. The molecule has 0 bridgehead atoms. The molecule has 2 fully saturated rings. The highest BCUT2D eigenvalue weighted by Gasteiger charge is 2.50. The van der Waals surface area contributed by atoms with E-state index >= 15 is 0 Å². The van der Waals surface area contributed by atoms with Crippen LogP contribution in [-0.2, 0) is 32.2 Å². The summed E-state index contributed by atoms with van der Waals surface area (Å²) in [6.07, 6.45) is -9.22. The zero-order valence-corrected chi connectivity index (χ0v) is 26.6. The van der Waals surface area contributed by atoms with Gasteiger partial charge in [0.05, 0.1) is 25.9 Å². The molecule has 46 heavy (non-hydrogen) atoms. The van der Waals surface area contributed by atoms with Gasteiger partial charge in [0.15, 0.2) is 34.8 Å². The van der Waals surface area contributed by atoms with E-state index in [1.54, 1.807) is 0 Å². The largest absolute Gasteiger partial charge is 0.387 e. The number of imidazole rings is 2. The van der Waals surface area contributed by atoms with Crippen LogP contribution in [0.4, 0.5) is 11.9 Å². The first-order valence-corrected chi connectivity index (χ1v) is 18.4. The molecule has 250 valence electrons. The van der Waals surface area contributed by atoms with Crippen LogP contribution in [0.2, 0.25) is 0 Å². The third-order valence-electron chi connectivity index (χ3n) is 7.13. The third kappa shape index (κ3) is 6.23. The summed E-state index contributed by atoms with van der Waals surface area (Å²) in [7, 11) is -2.74. The predicted molar refractivity (Wildman–Crippen MR) is 162 cm³/mol. The number of thiol groups is 2. The average Bonchev–Trinajstić information content (AvgIpc) is 3.72. The maximum absolute atomic E-state index is 13.5. The Bertz CT molecular complexity index is 1970. The van der Waals surface area contributed by atoms with Crippen LogP contribution in [0.1, 0.15) is 12.5 Å². The second kappa shape index (κ2) is 12.6. The fourth-order valence-corrected chi connectivity index (χ4v) is 7.04. The lowest BCUT2D eigenvalue weighted by Crippen LogP contribution is -2.35. The summed E-state index contributed by atoms with van der Waals surface area (Å²) in [4.78, 5) is 45.0. The minimum Gasteiger partial charge on any atom is -0.387 e. The lowest BCUT2D eigenvalue weighted by molar-refractivity contribution is -0.0539.